The normalized spacial score (nSPS) is 21.4. The summed E-state index contributed by atoms with van der Waals surface area (Å²) in [5.74, 6) is 1.34. The second-order valence-electron chi connectivity index (χ2n) is 9.47. The Kier molecular flexibility index (Phi) is 7.43. The summed E-state index contributed by atoms with van der Waals surface area (Å²) < 4.78 is 6.01. The van der Waals surface area contributed by atoms with Crippen molar-refractivity contribution in [1.29, 1.82) is 0 Å². The largest absolute Gasteiger partial charge is 0.491 e. The van der Waals surface area contributed by atoms with Gasteiger partial charge in [-0.05, 0) is 69.1 Å². The van der Waals surface area contributed by atoms with Gasteiger partial charge in [0.1, 0.15) is 12.4 Å². The maximum Gasteiger partial charge on any atom is 0.257 e. The van der Waals surface area contributed by atoms with Crippen molar-refractivity contribution in [3.05, 3.63) is 59.4 Å². The number of ether oxygens (including phenoxy) is 1. The molecule has 2 saturated heterocycles. The van der Waals surface area contributed by atoms with E-state index in [1.54, 1.807) is 0 Å². The number of amides is 1. The SMILES string of the molecule is Cc1cnccc1CN1C[C@@H]2CCCCN(C(=O)c3ccccc3OCCN(C)C)[C@@H]2C1. The highest BCUT2D eigenvalue weighted by Crippen LogP contribution is 2.33. The number of benzene rings is 1. The fourth-order valence-electron chi connectivity index (χ4n) is 5.00. The molecule has 6 nitrogen and oxygen atoms in total. The van der Waals surface area contributed by atoms with Gasteiger partial charge in [-0.2, -0.15) is 0 Å². The molecule has 2 aromatic rings. The molecule has 2 aliphatic rings. The molecule has 6 heteroatoms. The molecule has 2 atom stereocenters. The Morgan fingerprint density at radius 2 is 2.03 bits per heavy atom. The lowest BCUT2D eigenvalue weighted by Gasteiger charge is -2.31. The van der Waals surface area contributed by atoms with Crippen LogP contribution in [0.15, 0.2) is 42.7 Å². The van der Waals surface area contributed by atoms with E-state index in [0.717, 1.165) is 39.1 Å². The van der Waals surface area contributed by atoms with Crippen LogP contribution >= 0.6 is 0 Å². The number of para-hydroxylation sites is 1. The van der Waals surface area contributed by atoms with Crippen LogP contribution in [-0.4, -0.2) is 78.5 Å². The van der Waals surface area contributed by atoms with Crippen LogP contribution in [0.25, 0.3) is 0 Å². The molecular weight excluding hydrogens is 400 g/mol. The van der Waals surface area contributed by atoms with Gasteiger partial charge in [0, 0.05) is 51.2 Å². The predicted octanol–water partition coefficient (Wildman–Crippen LogP) is 3.46. The average Bonchev–Trinajstić information content (AvgIpc) is 3.07. The molecule has 4 rings (SSSR count). The summed E-state index contributed by atoms with van der Waals surface area (Å²) in [5.41, 5.74) is 3.25. The molecule has 2 fully saturated rings. The van der Waals surface area contributed by atoms with Crippen molar-refractivity contribution in [1.82, 2.24) is 19.7 Å². The zero-order chi connectivity index (χ0) is 22.5. The Balaban J connectivity index is 1.49. The standard InChI is InChI=1S/C26H36N4O2/c1-20-16-27-12-11-21(20)17-29-18-22-8-6-7-13-30(24(22)19-29)26(31)23-9-4-5-10-25(23)32-15-14-28(2)3/h4-5,9-12,16,22,24H,6-8,13-15,17-19H2,1-3H3/t22-,24+/m0/s1. The number of fused-ring (bicyclic) bond motifs is 1. The molecule has 0 bridgehead atoms. The third-order valence-corrected chi connectivity index (χ3v) is 6.81. The topological polar surface area (TPSA) is 48.9 Å². The Hall–Kier alpha value is -2.44. The van der Waals surface area contributed by atoms with Crippen molar-refractivity contribution in [3.63, 3.8) is 0 Å². The number of aromatic nitrogens is 1. The van der Waals surface area contributed by atoms with E-state index in [1.807, 2.05) is 50.8 Å². The number of nitrogens with zero attached hydrogens (tertiary/aromatic N) is 4. The number of aryl methyl sites for hydroxylation is 1. The summed E-state index contributed by atoms with van der Waals surface area (Å²) in [7, 11) is 4.05. The van der Waals surface area contributed by atoms with Gasteiger partial charge in [-0.3, -0.25) is 14.7 Å². The van der Waals surface area contributed by atoms with Gasteiger partial charge < -0.3 is 14.5 Å². The van der Waals surface area contributed by atoms with Crippen LogP contribution in [0.1, 0.15) is 40.7 Å². The van der Waals surface area contributed by atoms with Crippen LogP contribution in [0.4, 0.5) is 0 Å². The molecule has 0 unspecified atom stereocenters. The van der Waals surface area contributed by atoms with Crippen LogP contribution in [-0.2, 0) is 6.54 Å². The monoisotopic (exact) mass is 436 g/mol. The first-order chi connectivity index (χ1) is 15.5. The van der Waals surface area contributed by atoms with E-state index >= 15 is 0 Å². The quantitative estimate of drug-likeness (QED) is 0.665. The van der Waals surface area contributed by atoms with Crippen molar-refractivity contribution in [2.75, 3.05) is 46.9 Å². The Labute approximate surface area is 192 Å². The van der Waals surface area contributed by atoms with Gasteiger partial charge in [0.25, 0.3) is 5.91 Å². The molecule has 1 amide bonds. The maximum atomic E-state index is 13.7. The molecular formula is C26H36N4O2. The first-order valence-electron chi connectivity index (χ1n) is 11.8. The Morgan fingerprint density at radius 1 is 1.19 bits per heavy atom. The van der Waals surface area contributed by atoms with Crippen LogP contribution < -0.4 is 4.74 Å². The number of likely N-dealkylation sites (tertiary alicyclic amines) is 2. The third-order valence-electron chi connectivity index (χ3n) is 6.81. The Bertz CT molecular complexity index is 916. The van der Waals surface area contributed by atoms with Crippen LogP contribution in [0, 0.1) is 12.8 Å². The fraction of sp³-hybridized carbons (Fsp3) is 0.538. The fourth-order valence-corrected chi connectivity index (χ4v) is 5.00. The number of carbonyl (C=O) groups excluding carboxylic acids is 1. The zero-order valence-electron chi connectivity index (χ0n) is 19.7. The van der Waals surface area contributed by atoms with E-state index in [0.29, 0.717) is 23.8 Å². The summed E-state index contributed by atoms with van der Waals surface area (Å²) in [6.45, 7) is 7.25. The Morgan fingerprint density at radius 3 is 2.84 bits per heavy atom. The predicted molar refractivity (Wildman–Crippen MR) is 127 cm³/mol. The average molecular weight is 437 g/mol. The number of rotatable bonds is 7. The van der Waals surface area contributed by atoms with Gasteiger partial charge in [0.05, 0.1) is 5.56 Å². The highest BCUT2D eigenvalue weighted by molar-refractivity contribution is 5.97. The summed E-state index contributed by atoms with van der Waals surface area (Å²) in [4.78, 5) is 24.7. The molecule has 1 aromatic carbocycles. The summed E-state index contributed by atoms with van der Waals surface area (Å²) in [6, 6.07) is 10.1. The minimum atomic E-state index is 0.115. The van der Waals surface area contributed by atoms with E-state index in [2.05, 4.69) is 32.7 Å². The smallest absolute Gasteiger partial charge is 0.257 e. The zero-order valence-corrected chi connectivity index (χ0v) is 19.7. The van der Waals surface area contributed by atoms with E-state index in [9.17, 15) is 4.79 Å². The number of hydrogen-bond acceptors (Lipinski definition) is 5. The van der Waals surface area contributed by atoms with E-state index in [-0.39, 0.29) is 11.9 Å². The molecule has 1 aromatic heterocycles. The second kappa shape index (κ2) is 10.5. The summed E-state index contributed by atoms with van der Waals surface area (Å²) in [5, 5.41) is 0. The number of likely N-dealkylation sites (N-methyl/N-ethyl adjacent to an activating group) is 1. The van der Waals surface area contributed by atoms with E-state index in [1.165, 1.54) is 24.0 Å². The van der Waals surface area contributed by atoms with E-state index in [4.69, 9.17) is 4.74 Å². The van der Waals surface area contributed by atoms with Gasteiger partial charge in [-0.15, -0.1) is 0 Å². The lowest BCUT2D eigenvalue weighted by atomic mass is 9.98. The molecule has 3 heterocycles. The van der Waals surface area contributed by atoms with Gasteiger partial charge in [-0.1, -0.05) is 18.6 Å². The summed E-state index contributed by atoms with van der Waals surface area (Å²) in [6.07, 6.45) is 7.27. The highest BCUT2D eigenvalue weighted by Gasteiger charge is 2.40. The summed E-state index contributed by atoms with van der Waals surface area (Å²) >= 11 is 0. The third kappa shape index (κ3) is 5.30. The van der Waals surface area contributed by atoms with Crippen molar-refractivity contribution >= 4 is 5.91 Å². The van der Waals surface area contributed by atoms with Crippen molar-refractivity contribution in [3.8, 4) is 5.75 Å². The number of hydrogen-bond donors (Lipinski definition) is 0. The molecule has 0 saturated carbocycles. The van der Waals surface area contributed by atoms with E-state index < -0.39 is 0 Å². The molecule has 0 N–H and O–H groups in total. The van der Waals surface area contributed by atoms with Crippen molar-refractivity contribution in [2.45, 2.75) is 38.8 Å². The van der Waals surface area contributed by atoms with Gasteiger partial charge in [0.15, 0.2) is 0 Å². The molecule has 32 heavy (non-hydrogen) atoms. The minimum Gasteiger partial charge on any atom is -0.491 e. The first-order valence-corrected chi connectivity index (χ1v) is 11.8. The maximum absolute atomic E-state index is 13.7. The molecule has 2 aliphatic heterocycles. The molecule has 0 spiro atoms. The lowest BCUT2D eigenvalue weighted by Crippen LogP contribution is -2.44. The second-order valence-corrected chi connectivity index (χ2v) is 9.47. The van der Waals surface area contributed by atoms with Crippen LogP contribution in [0.5, 0.6) is 5.75 Å². The molecule has 172 valence electrons. The lowest BCUT2D eigenvalue weighted by molar-refractivity contribution is 0.0659. The van der Waals surface area contributed by atoms with Crippen LogP contribution in [0.2, 0.25) is 0 Å². The van der Waals surface area contributed by atoms with Gasteiger partial charge >= 0.3 is 0 Å². The van der Waals surface area contributed by atoms with Crippen LogP contribution in [0.3, 0.4) is 0 Å². The van der Waals surface area contributed by atoms with Crippen molar-refractivity contribution < 1.29 is 9.53 Å². The number of carbonyl (C=O) groups is 1. The van der Waals surface area contributed by atoms with Gasteiger partial charge in [-0.25, -0.2) is 0 Å². The highest BCUT2D eigenvalue weighted by atomic mass is 16.5. The minimum absolute atomic E-state index is 0.115. The molecule has 0 aliphatic carbocycles. The molecule has 0 radical (unpaired) electrons. The van der Waals surface area contributed by atoms with Gasteiger partial charge in [0.2, 0.25) is 0 Å². The number of pyridine rings is 1. The van der Waals surface area contributed by atoms with Crippen molar-refractivity contribution in [2.24, 2.45) is 5.92 Å². The first kappa shape index (κ1) is 22.7.